The highest BCUT2D eigenvalue weighted by Gasteiger charge is 2.41. The fourth-order valence-electron chi connectivity index (χ4n) is 3.12. The summed E-state index contributed by atoms with van der Waals surface area (Å²) in [5.41, 5.74) is 1.22. The van der Waals surface area contributed by atoms with E-state index in [0.717, 1.165) is 39.1 Å². The van der Waals surface area contributed by atoms with Crippen molar-refractivity contribution in [2.45, 2.75) is 43.9 Å². The SMILES string of the molecule is C[C@@H](NC1CCOC2(CCOC2)C1)c1cccnc1. The van der Waals surface area contributed by atoms with E-state index in [1.54, 1.807) is 0 Å². The van der Waals surface area contributed by atoms with Gasteiger partial charge in [0.2, 0.25) is 0 Å². The monoisotopic (exact) mass is 262 g/mol. The van der Waals surface area contributed by atoms with Crippen molar-refractivity contribution in [3.05, 3.63) is 30.1 Å². The first-order valence-electron chi connectivity index (χ1n) is 7.15. The minimum Gasteiger partial charge on any atom is -0.378 e. The number of nitrogens with zero attached hydrogens (tertiary/aromatic N) is 1. The molecule has 1 spiro atoms. The van der Waals surface area contributed by atoms with Crippen molar-refractivity contribution in [3.63, 3.8) is 0 Å². The first-order chi connectivity index (χ1) is 9.27. The minimum atomic E-state index is -0.0232. The molecule has 1 N–H and O–H groups in total. The van der Waals surface area contributed by atoms with Crippen LogP contribution in [0.3, 0.4) is 0 Å². The van der Waals surface area contributed by atoms with E-state index in [4.69, 9.17) is 9.47 Å². The van der Waals surface area contributed by atoms with Gasteiger partial charge < -0.3 is 14.8 Å². The van der Waals surface area contributed by atoms with Crippen LogP contribution in [0.15, 0.2) is 24.5 Å². The van der Waals surface area contributed by atoms with Crippen LogP contribution in [0.1, 0.15) is 37.8 Å². The molecule has 3 heterocycles. The zero-order chi connectivity index (χ0) is 13.1. The largest absolute Gasteiger partial charge is 0.378 e. The molecule has 1 aromatic rings. The maximum atomic E-state index is 5.97. The van der Waals surface area contributed by atoms with Crippen LogP contribution in [0, 0.1) is 0 Å². The van der Waals surface area contributed by atoms with E-state index in [0.29, 0.717) is 12.1 Å². The lowest BCUT2D eigenvalue weighted by molar-refractivity contribution is -0.0902. The predicted molar refractivity (Wildman–Crippen MR) is 72.9 cm³/mol. The van der Waals surface area contributed by atoms with Crippen molar-refractivity contribution in [1.29, 1.82) is 0 Å². The summed E-state index contributed by atoms with van der Waals surface area (Å²) in [6, 6.07) is 4.95. The van der Waals surface area contributed by atoms with E-state index >= 15 is 0 Å². The molecule has 2 unspecified atom stereocenters. The molecule has 1 aromatic heterocycles. The zero-order valence-corrected chi connectivity index (χ0v) is 11.5. The first-order valence-corrected chi connectivity index (χ1v) is 7.15. The quantitative estimate of drug-likeness (QED) is 0.905. The molecule has 0 bridgehead atoms. The Balaban J connectivity index is 1.60. The Labute approximate surface area is 114 Å². The smallest absolute Gasteiger partial charge is 0.0951 e. The van der Waals surface area contributed by atoms with E-state index in [9.17, 15) is 0 Å². The minimum absolute atomic E-state index is 0.0232. The molecular formula is C15H22N2O2. The Morgan fingerprint density at radius 3 is 3.16 bits per heavy atom. The molecule has 4 nitrogen and oxygen atoms in total. The van der Waals surface area contributed by atoms with E-state index in [2.05, 4.69) is 23.3 Å². The van der Waals surface area contributed by atoms with Crippen LogP contribution in [-0.2, 0) is 9.47 Å². The van der Waals surface area contributed by atoms with E-state index in [1.807, 2.05) is 18.5 Å². The molecule has 0 radical (unpaired) electrons. The molecule has 19 heavy (non-hydrogen) atoms. The van der Waals surface area contributed by atoms with Crippen LogP contribution in [0.2, 0.25) is 0 Å². The second-order valence-electron chi connectivity index (χ2n) is 5.70. The molecule has 104 valence electrons. The molecule has 3 rings (SSSR count). The van der Waals surface area contributed by atoms with Crippen molar-refractivity contribution in [2.75, 3.05) is 19.8 Å². The normalized spacial score (nSPS) is 32.6. The number of rotatable bonds is 3. The number of nitrogens with one attached hydrogen (secondary N) is 1. The van der Waals surface area contributed by atoms with Crippen molar-refractivity contribution in [3.8, 4) is 0 Å². The number of hydrogen-bond acceptors (Lipinski definition) is 4. The van der Waals surface area contributed by atoms with Gasteiger partial charge in [-0.3, -0.25) is 4.98 Å². The average molecular weight is 262 g/mol. The van der Waals surface area contributed by atoms with Crippen LogP contribution in [-0.4, -0.2) is 36.4 Å². The molecule has 0 aromatic carbocycles. The fourth-order valence-corrected chi connectivity index (χ4v) is 3.12. The van der Waals surface area contributed by atoms with Gasteiger partial charge in [0.1, 0.15) is 0 Å². The Morgan fingerprint density at radius 1 is 1.47 bits per heavy atom. The maximum Gasteiger partial charge on any atom is 0.0951 e. The lowest BCUT2D eigenvalue weighted by Gasteiger charge is -2.38. The standard InChI is InChI=1S/C15H22N2O2/c1-12(13-3-2-6-16-10-13)17-14-4-7-19-15(9-14)5-8-18-11-15/h2-3,6,10,12,14,17H,4-5,7-9,11H2,1H3/t12-,14?,15?/m1/s1. The lowest BCUT2D eigenvalue weighted by atomic mass is 9.89. The molecule has 2 aliphatic heterocycles. The third-order valence-electron chi connectivity index (χ3n) is 4.23. The van der Waals surface area contributed by atoms with Gasteiger partial charge in [-0.2, -0.15) is 0 Å². The third kappa shape index (κ3) is 2.96. The lowest BCUT2D eigenvalue weighted by Crippen LogP contribution is -2.48. The number of aromatic nitrogens is 1. The van der Waals surface area contributed by atoms with Crippen LogP contribution >= 0.6 is 0 Å². The van der Waals surface area contributed by atoms with Crippen LogP contribution in [0.4, 0.5) is 0 Å². The van der Waals surface area contributed by atoms with Gasteiger partial charge in [-0.05, 0) is 31.4 Å². The summed E-state index contributed by atoms with van der Waals surface area (Å²) in [4.78, 5) is 4.19. The second kappa shape index (κ2) is 5.57. The molecule has 2 saturated heterocycles. The van der Waals surface area contributed by atoms with Crippen LogP contribution in [0.25, 0.3) is 0 Å². The van der Waals surface area contributed by atoms with Gasteiger partial charge in [0.05, 0.1) is 12.2 Å². The number of hydrogen-bond donors (Lipinski definition) is 1. The van der Waals surface area contributed by atoms with Gasteiger partial charge in [0.15, 0.2) is 0 Å². The van der Waals surface area contributed by atoms with E-state index in [1.165, 1.54) is 5.56 Å². The van der Waals surface area contributed by atoms with E-state index in [-0.39, 0.29) is 5.60 Å². The van der Waals surface area contributed by atoms with Crippen LogP contribution in [0.5, 0.6) is 0 Å². The molecular weight excluding hydrogens is 240 g/mol. The summed E-state index contributed by atoms with van der Waals surface area (Å²) in [6.45, 7) is 4.63. The van der Waals surface area contributed by atoms with Gasteiger partial charge in [-0.15, -0.1) is 0 Å². The van der Waals surface area contributed by atoms with Crippen molar-refractivity contribution in [1.82, 2.24) is 10.3 Å². The summed E-state index contributed by atoms with van der Waals surface area (Å²) < 4.78 is 11.5. The van der Waals surface area contributed by atoms with E-state index < -0.39 is 0 Å². The molecule has 0 amide bonds. The average Bonchev–Trinajstić information content (AvgIpc) is 2.88. The Hall–Kier alpha value is -0.970. The Morgan fingerprint density at radius 2 is 2.42 bits per heavy atom. The second-order valence-corrected chi connectivity index (χ2v) is 5.70. The molecule has 4 heteroatoms. The molecule has 2 fully saturated rings. The van der Waals surface area contributed by atoms with Crippen LogP contribution < -0.4 is 5.32 Å². The van der Waals surface area contributed by atoms with Gasteiger partial charge in [0.25, 0.3) is 0 Å². The molecule has 0 saturated carbocycles. The predicted octanol–water partition coefficient (Wildman–Crippen LogP) is 2.07. The fraction of sp³-hybridized carbons (Fsp3) is 0.667. The molecule has 2 aliphatic rings. The zero-order valence-electron chi connectivity index (χ0n) is 11.5. The molecule has 3 atom stereocenters. The van der Waals surface area contributed by atoms with Gasteiger partial charge in [-0.25, -0.2) is 0 Å². The van der Waals surface area contributed by atoms with Gasteiger partial charge >= 0.3 is 0 Å². The summed E-state index contributed by atoms with van der Waals surface area (Å²) in [7, 11) is 0. The topological polar surface area (TPSA) is 43.4 Å². The third-order valence-corrected chi connectivity index (χ3v) is 4.23. The molecule has 0 aliphatic carbocycles. The summed E-state index contributed by atoms with van der Waals surface area (Å²) >= 11 is 0. The summed E-state index contributed by atoms with van der Waals surface area (Å²) in [5, 5.41) is 3.71. The van der Waals surface area contributed by atoms with Crippen molar-refractivity contribution in [2.24, 2.45) is 0 Å². The highest BCUT2D eigenvalue weighted by Crippen LogP contribution is 2.33. The highest BCUT2D eigenvalue weighted by molar-refractivity contribution is 5.13. The maximum absolute atomic E-state index is 5.97. The summed E-state index contributed by atoms with van der Waals surface area (Å²) in [5.74, 6) is 0. The first kappa shape index (κ1) is 13.0. The van der Waals surface area contributed by atoms with Crippen molar-refractivity contribution < 1.29 is 9.47 Å². The highest BCUT2D eigenvalue weighted by atomic mass is 16.6. The Kier molecular flexibility index (Phi) is 3.82. The van der Waals surface area contributed by atoms with Gasteiger partial charge in [-0.1, -0.05) is 6.07 Å². The van der Waals surface area contributed by atoms with Gasteiger partial charge in [0, 0.05) is 44.1 Å². The summed E-state index contributed by atoms with van der Waals surface area (Å²) in [6.07, 6.45) is 6.91. The number of pyridine rings is 1. The van der Waals surface area contributed by atoms with Crippen molar-refractivity contribution >= 4 is 0 Å². The number of ether oxygens (including phenoxy) is 2. The Bertz CT molecular complexity index is 404.